The van der Waals surface area contributed by atoms with E-state index >= 15 is 0 Å². The maximum atomic E-state index is 12.3. The van der Waals surface area contributed by atoms with Crippen molar-refractivity contribution in [1.29, 1.82) is 0 Å². The summed E-state index contributed by atoms with van der Waals surface area (Å²) in [4.78, 5) is 24.0. The van der Waals surface area contributed by atoms with Gasteiger partial charge in [0, 0.05) is 13.2 Å². The highest BCUT2D eigenvalue weighted by Gasteiger charge is 2.17. The number of benzene rings is 1. The summed E-state index contributed by atoms with van der Waals surface area (Å²) < 4.78 is 1.58. The third-order valence-corrected chi connectivity index (χ3v) is 4.00. The Hall–Kier alpha value is -3.48. The second-order valence-electron chi connectivity index (χ2n) is 5.66. The number of pyridine rings is 1. The van der Waals surface area contributed by atoms with E-state index in [1.807, 2.05) is 48.5 Å². The molecule has 3 heterocycles. The first-order valence-corrected chi connectivity index (χ1v) is 7.87. The number of nitrogens with one attached hydrogen (secondary N) is 2. The monoisotopic (exact) mass is 332 g/mol. The van der Waals surface area contributed by atoms with Crippen molar-refractivity contribution in [1.82, 2.24) is 24.7 Å². The van der Waals surface area contributed by atoms with E-state index in [1.165, 1.54) is 6.20 Å². The van der Waals surface area contributed by atoms with Gasteiger partial charge in [-0.25, -0.2) is 0 Å². The lowest BCUT2D eigenvalue weighted by molar-refractivity contribution is 0.783. The number of aryl methyl sites for hydroxylation is 1. The number of aromatic amines is 1. The molecule has 25 heavy (non-hydrogen) atoms. The van der Waals surface area contributed by atoms with Crippen LogP contribution in [0.3, 0.4) is 0 Å². The van der Waals surface area contributed by atoms with Crippen LogP contribution in [0.2, 0.25) is 0 Å². The average molecular weight is 332 g/mol. The Morgan fingerprint density at radius 1 is 1.12 bits per heavy atom. The lowest BCUT2D eigenvalue weighted by Crippen LogP contribution is -2.19. The molecule has 0 unspecified atom stereocenters. The molecule has 7 nitrogen and oxygen atoms in total. The molecule has 0 saturated carbocycles. The topological polar surface area (TPSA) is 88.5 Å². The molecule has 7 heteroatoms. The van der Waals surface area contributed by atoms with Gasteiger partial charge in [-0.15, -0.1) is 0 Å². The van der Waals surface area contributed by atoms with Crippen LogP contribution in [-0.4, -0.2) is 24.7 Å². The molecule has 0 amide bonds. The van der Waals surface area contributed by atoms with Gasteiger partial charge in [0.25, 0.3) is 5.56 Å². The zero-order valence-electron chi connectivity index (χ0n) is 13.5. The van der Waals surface area contributed by atoms with Crippen LogP contribution >= 0.6 is 0 Å². The Morgan fingerprint density at radius 3 is 2.68 bits per heavy atom. The third-order valence-electron chi connectivity index (χ3n) is 4.00. The van der Waals surface area contributed by atoms with Crippen molar-refractivity contribution in [3.8, 4) is 0 Å². The summed E-state index contributed by atoms with van der Waals surface area (Å²) in [7, 11) is 1.76. The molecule has 1 aromatic carbocycles. The number of aromatic nitrogens is 5. The van der Waals surface area contributed by atoms with Crippen LogP contribution in [-0.2, 0) is 7.05 Å². The van der Waals surface area contributed by atoms with Crippen LogP contribution in [0.1, 0.15) is 17.3 Å². The molecule has 124 valence electrons. The Morgan fingerprint density at radius 2 is 1.92 bits per heavy atom. The molecule has 0 aliphatic carbocycles. The van der Waals surface area contributed by atoms with Crippen LogP contribution in [0.4, 0.5) is 5.95 Å². The van der Waals surface area contributed by atoms with Gasteiger partial charge in [0.15, 0.2) is 5.65 Å². The first kappa shape index (κ1) is 15.1. The molecule has 1 atom stereocenters. The standard InChI is InChI=1S/C18H16N6O/c1-24-16-13(11-20-24)17(25)23-18(22-16)21-15(12-7-3-2-4-8-12)14-9-5-6-10-19-14/h2-11,15H,1H3,(H2,21,22,23,25)/t15-/m1/s1. The molecule has 0 spiro atoms. The maximum absolute atomic E-state index is 12.3. The zero-order chi connectivity index (χ0) is 17.2. The quantitative estimate of drug-likeness (QED) is 0.598. The molecular formula is C18H16N6O. The minimum atomic E-state index is -0.240. The predicted molar refractivity (Wildman–Crippen MR) is 95.3 cm³/mol. The largest absolute Gasteiger partial charge is 0.343 e. The molecule has 0 radical (unpaired) electrons. The first-order chi connectivity index (χ1) is 12.2. The highest BCUT2D eigenvalue weighted by molar-refractivity contribution is 5.74. The van der Waals surface area contributed by atoms with Crippen molar-refractivity contribution >= 4 is 17.0 Å². The minimum Gasteiger partial charge on any atom is -0.343 e. The fourth-order valence-corrected chi connectivity index (χ4v) is 2.76. The summed E-state index contributed by atoms with van der Waals surface area (Å²) in [5, 5.41) is 7.84. The van der Waals surface area contributed by atoms with Gasteiger partial charge in [-0.3, -0.25) is 19.4 Å². The number of nitrogens with zero attached hydrogens (tertiary/aromatic N) is 4. The number of anilines is 1. The highest BCUT2D eigenvalue weighted by atomic mass is 16.1. The Balaban J connectivity index is 1.79. The van der Waals surface area contributed by atoms with Crippen LogP contribution in [0.15, 0.2) is 65.7 Å². The number of hydrogen-bond donors (Lipinski definition) is 2. The molecule has 0 saturated heterocycles. The smallest absolute Gasteiger partial charge is 0.263 e. The van der Waals surface area contributed by atoms with Crippen molar-refractivity contribution in [2.45, 2.75) is 6.04 Å². The molecule has 2 N–H and O–H groups in total. The Kier molecular flexibility index (Phi) is 3.74. The summed E-state index contributed by atoms with van der Waals surface area (Å²) in [6.45, 7) is 0. The van der Waals surface area contributed by atoms with Gasteiger partial charge >= 0.3 is 0 Å². The molecule has 0 aliphatic heterocycles. The molecule has 4 aromatic rings. The molecule has 0 bridgehead atoms. The van der Waals surface area contributed by atoms with Crippen LogP contribution in [0.25, 0.3) is 11.0 Å². The van der Waals surface area contributed by atoms with E-state index in [0.717, 1.165) is 11.3 Å². The number of hydrogen-bond acceptors (Lipinski definition) is 5. The average Bonchev–Trinajstić information content (AvgIpc) is 3.03. The third kappa shape index (κ3) is 2.87. The SMILES string of the molecule is Cn1ncc2c(=O)[nH]c(N[C@H](c3ccccc3)c3ccccn3)nc21. The summed E-state index contributed by atoms with van der Waals surface area (Å²) in [5.74, 6) is 0.376. The van der Waals surface area contributed by atoms with E-state index < -0.39 is 0 Å². The zero-order valence-corrected chi connectivity index (χ0v) is 13.5. The number of fused-ring (bicyclic) bond motifs is 1. The maximum Gasteiger partial charge on any atom is 0.263 e. The van der Waals surface area contributed by atoms with E-state index in [1.54, 1.807) is 17.9 Å². The van der Waals surface area contributed by atoms with Gasteiger partial charge < -0.3 is 5.32 Å². The van der Waals surface area contributed by atoms with Gasteiger partial charge in [-0.1, -0.05) is 36.4 Å². The van der Waals surface area contributed by atoms with Crippen LogP contribution < -0.4 is 10.9 Å². The van der Waals surface area contributed by atoms with Gasteiger partial charge in [-0.2, -0.15) is 10.1 Å². The van der Waals surface area contributed by atoms with E-state index in [2.05, 4.69) is 25.4 Å². The van der Waals surface area contributed by atoms with E-state index in [-0.39, 0.29) is 11.6 Å². The first-order valence-electron chi connectivity index (χ1n) is 7.87. The van der Waals surface area contributed by atoms with Crippen LogP contribution in [0.5, 0.6) is 0 Å². The second-order valence-corrected chi connectivity index (χ2v) is 5.66. The molecule has 0 fully saturated rings. The molecule has 3 aromatic heterocycles. The van der Waals surface area contributed by atoms with Gasteiger partial charge in [0.2, 0.25) is 5.95 Å². The number of H-pyrrole nitrogens is 1. The normalized spacial score (nSPS) is 12.2. The van der Waals surface area contributed by atoms with Gasteiger partial charge in [0.1, 0.15) is 5.39 Å². The number of rotatable bonds is 4. The summed E-state index contributed by atoms with van der Waals surface area (Å²) in [6, 6.07) is 15.4. The summed E-state index contributed by atoms with van der Waals surface area (Å²) >= 11 is 0. The lowest BCUT2D eigenvalue weighted by atomic mass is 10.0. The highest BCUT2D eigenvalue weighted by Crippen LogP contribution is 2.23. The fraction of sp³-hybridized carbons (Fsp3) is 0.111. The summed E-state index contributed by atoms with van der Waals surface area (Å²) in [6.07, 6.45) is 3.26. The van der Waals surface area contributed by atoms with Crippen molar-refractivity contribution < 1.29 is 0 Å². The molecular weight excluding hydrogens is 316 g/mol. The van der Waals surface area contributed by atoms with Crippen molar-refractivity contribution in [3.05, 3.63) is 82.5 Å². The van der Waals surface area contributed by atoms with E-state index in [4.69, 9.17) is 0 Å². The second kappa shape index (κ2) is 6.20. The van der Waals surface area contributed by atoms with E-state index in [0.29, 0.717) is 17.0 Å². The predicted octanol–water partition coefficient (Wildman–Crippen LogP) is 2.25. The molecule has 0 aliphatic rings. The Labute approximate surface area is 143 Å². The minimum absolute atomic E-state index is 0.228. The van der Waals surface area contributed by atoms with Crippen molar-refractivity contribution in [2.75, 3.05) is 5.32 Å². The van der Waals surface area contributed by atoms with Crippen LogP contribution in [0, 0.1) is 0 Å². The van der Waals surface area contributed by atoms with Gasteiger partial charge in [-0.05, 0) is 17.7 Å². The fourth-order valence-electron chi connectivity index (χ4n) is 2.76. The lowest BCUT2D eigenvalue weighted by Gasteiger charge is -2.19. The van der Waals surface area contributed by atoms with Crippen molar-refractivity contribution in [2.24, 2.45) is 7.05 Å². The van der Waals surface area contributed by atoms with E-state index in [9.17, 15) is 4.79 Å². The molecule has 4 rings (SSSR count). The summed E-state index contributed by atoms with van der Waals surface area (Å²) in [5.41, 5.74) is 2.16. The van der Waals surface area contributed by atoms with Crippen molar-refractivity contribution in [3.63, 3.8) is 0 Å². The Bertz CT molecular complexity index is 1020. The van der Waals surface area contributed by atoms with Gasteiger partial charge in [0.05, 0.1) is 17.9 Å².